The van der Waals surface area contributed by atoms with Gasteiger partial charge in [-0.25, -0.2) is 9.78 Å². The van der Waals surface area contributed by atoms with Gasteiger partial charge in [0.25, 0.3) is 0 Å². The number of benzene rings is 2. The van der Waals surface area contributed by atoms with Gasteiger partial charge >= 0.3 is 6.03 Å². The number of methoxy groups -OCH3 is 2. The molecule has 0 saturated heterocycles. The highest BCUT2D eigenvalue weighted by Gasteiger charge is 2.15. The summed E-state index contributed by atoms with van der Waals surface area (Å²) < 4.78 is 10.6. The number of hydrogen-bond donors (Lipinski definition) is 2. The van der Waals surface area contributed by atoms with Crippen molar-refractivity contribution in [2.45, 2.75) is 19.0 Å². The predicted octanol–water partition coefficient (Wildman–Crippen LogP) is 4.90. The number of nitrogens with one attached hydrogen (secondary N) is 2. The second-order valence-corrected chi connectivity index (χ2v) is 8.06. The van der Waals surface area contributed by atoms with Crippen molar-refractivity contribution in [3.8, 4) is 34.0 Å². The Kier molecular flexibility index (Phi) is 8.44. The monoisotopic (exact) mass is 454 g/mol. The number of carbonyl (C=O) groups is 1. The molecule has 3 rings (SSSR count). The number of H-pyrrole nitrogens is 1. The first-order valence-electron chi connectivity index (χ1n) is 10.6. The number of nitrogens with zero attached hydrogens (tertiary/aromatic N) is 2. The summed E-state index contributed by atoms with van der Waals surface area (Å²) in [6.07, 6.45) is 0. The van der Waals surface area contributed by atoms with Crippen molar-refractivity contribution >= 4 is 17.8 Å². The second kappa shape index (κ2) is 11.5. The quantitative estimate of drug-likeness (QED) is 0.336. The van der Waals surface area contributed by atoms with Crippen LogP contribution in [0.1, 0.15) is 13.8 Å². The number of aromatic nitrogens is 2. The predicted molar refractivity (Wildman–Crippen MR) is 130 cm³/mol. The summed E-state index contributed by atoms with van der Waals surface area (Å²) in [5, 5.41) is 3.77. The van der Waals surface area contributed by atoms with Crippen LogP contribution in [0.4, 0.5) is 4.79 Å². The third-order valence-electron chi connectivity index (χ3n) is 5.09. The summed E-state index contributed by atoms with van der Waals surface area (Å²) in [5.41, 5.74) is 3.82. The molecule has 32 heavy (non-hydrogen) atoms. The Labute approximate surface area is 193 Å². The lowest BCUT2D eigenvalue weighted by Gasteiger charge is -2.18. The maximum Gasteiger partial charge on any atom is 0.317 e. The molecule has 1 aromatic heterocycles. The van der Waals surface area contributed by atoms with Crippen molar-refractivity contribution in [1.29, 1.82) is 0 Å². The third-order valence-corrected chi connectivity index (χ3v) is 5.97. The van der Waals surface area contributed by atoms with Crippen LogP contribution in [0.3, 0.4) is 0 Å². The van der Waals surface area contributed by atoms with E-state index in [1.165, 1.54) is 0 Å². The van der Waals surface area contributed by atoms with Crippen molar-refractivity contribution in [3.63, 3.8) is 0 Å². The van der Waals surface area contributed by atoms with Crippen LogP contribution in [0.2, 0.25) is 0 Å². The highest BCUT2D eigenvalue weighted by Crippen LogP contribution is 2.34. The van der Waals surface area contributed by atoms with Crippen LogP contribution in [-0.4, -0.2) is 60.5 Å². The van der Waals surface area contributed by atoms with Crippen LogP contribution in [0.5, 0.6) is 11.5 Å². The van der Waals surface area contributed by atoms with E-state index in [2.05, 4.69) is 10.3 Å². The van der Waals surface area contributed by atoms with Gasteiger partial charge in [0.15, 0.2) is 5.16 Å². The van der Waals surface area contributed by atoms with Crippen molar-refractivity contribution < 1.29 is 14.3 Å². The molecule has 0 aliphatic rings. The molecule has 2 amide bonds. The van der Waals surface area contributed by atoms with Crippen molar-refractivity contribution in [2.24, 2.45) is 0 Å². The average Bonchev–Trinajstić information content (AvgIpc) is 3.27. The number of imidazole rings is 1. The fraction of sp³-hybridized carbons (Fsp3) is 0.333. The van der Waals surface area contributed by atoms with Crippen LogP contribution in [0, 0.1) is 0 Å². The standard InChI is InChI=1S/C24H30N4O3S/c1-5-28(6-2)24(29)25-15-16-32-23-26-21(17-7-11-19(30-3)12-8-17)22(27-23)18-9-13-20(31-4)14-10-18/h7-14H,5-6,15-16H2,1-4H3,(H,25,29)(H,26,27). The first kappa shape index (κ1) is 23.5. The Morgan fingerprint density at radius 2 is 1.53 bits per heavy atom. The molecule has 0 radical (unpaired) electrons. The molecule has 0 unspecified atom stereocenters. The van der Waals surface area contributed by atoms with Crippen molar-refractivity contribution in [1.82, 2.24) is 20.2 Å². The zero-order valence-corrected chi connectivity index (χ0v) is 19.8. The maximum atomic E-state index is 12.1. The van der Waals surface area contributed by atoms with Gasteiger partial charge in [0, 0.05) is 36.5 Å². The van der Waals surface area contributed by atoms with Crippen LogP contribution >= 0.6 is 11.8 Å². The highest BCUT2D eigenvalue weighted by molar-refractivity contribution is 7.99. The van der Waals surface area contributed by atoms with E-state index >= 15 is 0 Å². The molecule has 170 valence electrons. The molecule has 0 atom stereocenters. The first-order chi connectivity index (χ1) is 15.6. The fourth-order valence-corrected chi connectivity index (χ4v) is 4.00. The summed E-state index contributed by atoms with van der Waals surface area (Å²) in [7, 11) is 3.31. The summed E-state index contributed by atoms with van der Waals surface area (Å²) in [6.45, 7) is 5.91. The van der Waals surface area contributed by atoms with Crippen LogP contribution in [0.15, 0.2) is 53.7 Å². The number of urea groups is 1. The number of thioether (sulfide) groups is 1. The lowest BCUT2D eigenvalue weighted by molar-refractivity contribution is 0.204. The summed E-state index contributed by atoms with van der Waals surface area (Å²) >= 11 is 1.58. The Morgan fingerprint density at radius 1 is 0.969 bits per heavy atom. The third kappa shape index (κ3) is 5.76. The fourth-order valence-electron chi connectivity index (χ4n) is 3.27. The largest absolute Gasteiger partial charge is 0.497 e. The van der Waals surface area contributed by atoms with Crippen molar-refractivity contribution in [2.75, 3.05) is 39.6 Å². The minimum Gasteiger partial charge on any atom is -0.497 e. The topological polar surface area (TPSA) is 79.5 Å². The number of aromatic amines is 1. The van der Waals surface area contributed by atoms with Gasteiger partial charge in [0.2, 0.25) is 0 Å². The summed E-state index contributed by atoms with van der Waals surface area (Å²) in [5.74, 6) is 2.32. The smallest absolute Gasteiger partial charge is 0.317 e. The van der Waals surface area contributed by atoms with E-state index in [0.717, 1.165) is 39.2 Å². The average molecular weight is 455 g/mol. The number of carbonyl (C=O) groups excluding carboxylic acids is 1. The Morgan fingerprint density at radius 3 is 2.06 bits per heavy atom. The minimum atomic E-state index is -0.0344. The van der Waals surface area contributed by atoms with E-state index in [0.29, 0.717) is 25.4 Å². The number of rotatable bonds is 10. The molecule has 0 spiro atoms. The number of amides is 2. The highest BCUT2D eigenvalue weighted by atomic mass is 32.2. The molecule has 0 aliphatic heterocycles. The van der Waals surface area contributed by atoms with E-state index in [4.69, 9.17) is 14.5 Å². The molecule has 7 nitrogen and oxygen atoms in total. The molecule has 0 bridgehead atoms. The van der Waals surface area contributed by atoms with Gasteiger partial charge in [-0.1, -0.05) is 11.8 Å². The molecular formula is C24H30N4O3S. The van der Waals surface area contributed by atoms with E-state index < -0.39 is 0 Å². The van der Waals surface area contributed by atoms with Gasteiger partial charge in [-0.05, 0) is 62.4 Å². The van der Waals surface area contributed by atoms with E-state index in [-0.39, 0.29) is 6.03 Å². The molecule has 1 heterocycles. The van der Waals surface area contributed by atoms with Gasteiger partial charge < -0.3 is 24.7 Å². The summed E-state index contributed by atoms with van der Waals surface area (Å²) in [6, 6.07) is 15.7. The van der Waals surface area contributed by atoms with Gasteiger partial charge in [-0.15, -0.1) is 0 Å². The SMILES string of the molecule is CCN(CC)C(=O)NCCSc1nc(-c2ccc(OC)cc2)c(-c2ccc(OC)cc2)[nH]1. The molecule has 0 saturated carbocycles. The Hall–Kier alpha value is -3.13. The first-order valence-corrected chi connectivity index (χ1v) is 11.6. The zero-order valence-electron chi connectivity index (χ0n) is 19.0. The molecule has 0 aliphatic carbocycles. The minimum absolute atomic E-state index is 0.0344. The lowest BCUT2D eigenvalue weighted by atomic mass is 10.0. The van der Waals surface area contributed by atoms with Gasteiger partial charge in [-0.3, -0.25) is 0 Å². The van der Waals surface area contributed by atoms with Gasteiger partial charge in [0.05, 0.1) is 25.6 Å². The number of hydrogen-bond acceptors (Lipinski definition) is 5. The van der Waals surface area contributed by atoms with Gasteiger partial charge in [0.1, 0.15) is 11.5 Å². The molecular weight excluding hydrogens is 424 g/mol. The van der Waals surface area contributed by atoms with Gasteiger partial charge in [-0.2, -0.15) is 0 Å². The van der Waals surface area contributed by atoms with Crippen LogP contribution in [-0.2, 0) is 0 Å². The number of ether oxygens (including phenoxy) is 2. The Bertz CT molecular complexity index is 934. The molecule has 0 fully saturated rings. The lowest BCUT2D eigenvalue weighted by Crippen LogP contribution is -2.40. The second-order valence-electron chi connectivity index (χ2n) is 6.98. The molecule has 2 aromatic carbocycles. The van der Waals surface area contributed by atoms with E-state index in [1.54, 1.807) is 30.9 Å². The molecule has 8 heteroatoms. The van der Waals surface area contributed by atoms with Crippen LogP contribution in [0.25, 0.3) is 22.5 Å². The maximum absolute atomic E-state index is 12.1. The normalized spacial score (nSPS) is 10.6. The Balaban J connectivity index is 1.78. The van der Waals surface area contributed by atoms with Crippen molar-refractivity contribution in [3.05, 3.63) is 48.5 Å². The zero-order chi connectivity index (χ0) is 22.9. The molecule has 3 aromatic rings. The summed E-state index contributed by atoms with van der Waals surface area (Å²) in [4.78, 5) is 22.2. The van der Waals surface area contributed by atoms with E-state index in [9.17, 15) is 4.79 Å². The van der Waals surface area contributed by atoms with Crippen LogP contribution < -0.4 is 14.8 Å². The molecule has 2 N–H and O–H groups in total. The van der Waals surface area contributed by atoms with E-state index in [1.807, 2.05) is 62.4 Å².